The van der Waals surface area contributed by atoms with Crippen LogP contribution in [0, 0.1) is 18.8 Å². The summed E-state index contributed by atoms with van der Waals surface area (Å²) in [7, 11) is 1.89. The molecule has 2 fully saturated rings. The van der Waals surface area contributed by atoms with Crippen LogP contribution < -0.4 is 4.90 Å². The van der Waals surface area contributed by atoms with Crippen LogP contribution in [0.1, 0.15) is 24.0 Å². The Balaban J connectivity index is 1.45. The first-order chi connectivity index (χ1) is 12.0. The topological polar surface area (TPSA) is 43.9 Å². The fourth-order valence-corrected chi connectivity index (χ4v) is 4.68. The molecule has 0 bridgehead atoms. The van der Waals surface area contributed by atoms with E-state index in [4.69, 9.17) is 0 Å². The molecular formula is C20H27N3O2. The van der Waals surface area contributed by atoms with E-state index in [-0.39, 0.29) is 17.7 Å². The minimum atomic E-state index is 0.0860. The van der Waals surface area contributed by atoms with E-state index < -0.39 is 0 Å². The van der Waals surface area contributed by atoms with Gasteiger partial charge in [-0.15, -0.1) is 0 Å². The van der Waals surface area contributed by atoms with E-state index in [1.165, 1.54) is 11.1 Å². The number of likely N-dealkylation sites (tertiary alicyclic amines) is 2. The van der Waals surface area contributed by atoms with Crippen LogP contribution in [-0.4, -0.2) is 61.4 Å². The molecule has 3 heterocycles. The van der Waals surface area contributed by atoms with E-state index >= 15 is 0 Å². The number of rotatable bonds is 2. The van der Waals surface area contributed by atoms with E-state index in [9.17, 15) is 9.59 Å². The lowest BCUT2D eigenvalue weighted by atomic mass is 9.88. The Kier molecular flexibility index (Phi) is 4.28. The number of benzene rings is 1. The second kappa shape index (κ2) is 6.45. The first-order valence-corrected chi connectivity index (χ1v) is 9.40. The number of nitrogens with zero attached hydrogens (tertiary/aromatic N) is 3. The zero-order chi connectivity index (χ0) is 17.6. The number of fused-ring (bicyclic) bond motifs is 2. The van der Waals surface area contributed by atoms with Crippen molar-refractivity contribution in [2.75, 3.05) is 44.7 Å². The molecule has 0 saturated carbocycles. The van der Waals surface area contributed by atoms with Gasteiger partial charge < -0.3 is 9.80 Å². The minimum Gasteiger partial charge on any atom is -0.345 e. The molecule has 1 aromatic rings. The molecule has 134 valence electrons. The summed E-state index contributed by atoms with van der Waals surface area (Å²) in [5.74, 6) is 0.935. The Hall–Kier alpha value is -1.88. The highest BCUT2D eigenvalue weighted by molar-refractivity contribution is 5.96. The van der Waals surface area contributed by atoms with Crippen molar-refractivity contribution in [1.82, 2.24) is 9.80 Å². The monoisotopic (exact) mass is 341 g/mol. The Bertz CT molecular complexity index is 702. The summed E-state index contributed by atoms with van der Waals surface area (Å²) in [5.41, 5.74) is 3.61. The van der Waals surface area contributed by atoms with Crippen LogP contribution in [0.5, 0.6) is 0 Å². The Morgan fingerprint density at radius 1 is 1.24 bits per heavy atom. The number of aryl methyl sites for hydroxylation is 2. The summed E-state index contributed by atoms with van der Waals surface area (Å²) < 4.78 is 0. The largest absolute Gasteiger partial charge is 0.345 e. The standard InChI is InChI=1S/C20H27N3O2/c1-14-5-6-18-15(10-14)4-3-8-23(18)19(24)13-22-11-16-7-9-21(2)20(25)17(16)12-22/h5-6,10,16-17H,3-4,7-9,11-13H2,1-2H3/t16-,17+/m1/s1. The van der Waals surface area contributed by atoms with E-state index in [2.05, 4.69) is 30.0 Å². The maximum atomic E-state index is 12.9. The molecule has 2 atom stereocenters. The molecule has 0 radical (unpaired) electrons. The Labute approximate surface area is 149 Å². The van der Waals surface area contributed by atoms with Crippen LogP contribution in [0.3, 0.4) is 0 Å². The number of hydrogen-bond acceptors (Lipinski definition) is 3. The summed E-state index contributed by atoms with van der Waals surface area (Å²) >= 11 is 0. The van der Waals surface area contributed by atoms with Gasteiger partial charge in [-0.1, -0.05) is 17.7 Å². The highest BCUT2D eigenvalue weighted by Gasteiger charge is 2.42. The third kappa shape index (κ3) is 3.06. The number of piperidine rings is 1. The number of hydrogen-bond donors (Lipinski definition) is 0. The van der Waals surface area contributed by atoms with E-state index in [0.29, 0.717) is 12.5 Å². The summed E-state index contributed by atoms with van der Waals surface area (Å²) in [6, 6.07) is 6.38. The maximum Gasteiger partial charge on any atom is 0.241 e. The van der Waals surface area contributed by atoms with Crippen LogP contribution in [0.25, 0.3) is 0 Å². The molecule has 2 saturated heterocycles. The van der Waals surface area contributed by atoms with Gasteiger partial charge >= 0.3 is 0 Å². The first kappa shape index (κ1) is 16.6. The zero-order valence-corrected chi connectivity index (χ0v) is 15.2. The number of carbonyl (C=O) groups excluding carboxylic acids is 2. The smallest absolute Gasteiger partial charge is 0.241 e. The third-order valence-electron chi connectivity index (χ3n) is 6.06. The van der Waals surface area contributed by atoms with E-state index in [0.717, 1.165) is 51.1 Å². The van der Waals surface area contributed by atoms with E-state index in [1.54, 1.807) is 0 Å². The predicted molar refractivity (Wildman–Crippen MR) is 97.5 cm³/mol. The average Bonchev–Trinajstić information content (AvgIpc) is 3.00. The van der Waals surface area contributed by atoms with Crippen molar-refractivity contribution in [3.8, 4) is 0 Å². The Morgan fingerprint density at radius 2 is 2.08 bits per heavy atom. The highest BCUT2D eigenvalue weighted by Crippen LogP contribution is 2.32. The van der Waals surface area contributed by atoms with Gasteiger partial charge in [-0.05, 0) is 43.7 Å². The molecular weight excluding hydrogens is 314 g/mol. The van der Waals surface area contributed by atoms with Crippen molar-refractivity contribution in [3.05, 3.63) is 29.3 Å². The first-order valence-electron chi connectivity index (χ1n) is 9.40. The van der Waals surface area contributed by atoms with Crippen LogP contribution in [-0.2, 0) is 16.0 Å². The second-order valence-corrected chi connectivity index (χ2v) is 7.89. The van der Waals surface area contributed by atoms with Gasteiger partial charge in [0, 0.05) is 38.9 Å². The lowest BCUT2D eigenvalue weighted by Crippen LogP contribution is -2.43. The van der Waals surface area contributed by atoms with E-state index in [1.807, 2.05) is 16.8 Å². The molecule has 1 aromatic carbocycles. The minimum absolute atomic E-state index is 0.0860. The predicted octanol–water partition coefficient (Wildman–Crippen LogP) is 1.68. The zero-order valence-electron chi connectivity index (χ0n) is 15.2. The van der Waals surface area contributed by atoms with Crippen molar-refractivity contribution in [2.45, 2.75) is 26.2 Å². The van der Waals surface area contributed by atoms with Gasteiger partial charge in [-0.3, -0.25) is 14.5 Å². The van der Waals surface area contributed by atoms with Crippen molar-refractivity contribution in [2.24, 2.45) is 11.8 Å². The summed E-state index contributed by atoms with van der Waals surface area (Å²) in [6.45, 7) is 5.79. The van der Waals surface area contributed by atoms with Crippen LogP contribution in [0.4, 0.5) is 5.69 Å². The van der Waals surface area contributed by atoms with Crippen molar-refractivity contribution in [1.29, 1.82) is 0 Å². The third-order valence-corrected chi connectivity index (χ3v) is 6.06. The van der Waals surface area contributed by atoms with Gasteiger partial charge in [-0.25, -0.2) is 0 Å². The molecule has 0 aromatic heterocycles. The van der Waals surface area contributed by atoms with Crippen LogP contribution >= 0.6 is 0 Å². The van der Waals surface area contributed by atoms with Crippen LogP contribution in [0.15, 0.2) is 18.2 Å². The van der Waals surface area contributed by atoms with Crippen molar-refractivity contribution >= 4 is 17.5 Å². The normalized spacial score (nSPS) is 26.6. The molecule has 0 aliphatic carbocycles. The fourth-order valence-electron chi connectivity index (χ4n) is 4.68. The van der Waals surface area contributed by atoms with Gasteiger partial charge in [0.2, 0.25) is 11.8 Å². The van der Waals surface area contributed by atoms with Gasteiger partial charge in [0.25, 0.3) is 0 Å². The summed E-state index contributed by atoms with van der Waals surface area (Å²) in [5, 5.41) is 0. The molecule has 0 N–H and O–H groups in total. The molecule has 0 spiro atoms. The van der Waals surface area contributed by atoms with Gasteiger partial charge in [0.1, 0.15) is 0 Å². The molecule has 0 unspecified atom stereocenters. The lowest BCUT2D eigenvalue weighted by Gasteiger charge is -2.31. The Morgan fingerprint density at radius 3 is 2.92 bits per heavy atom. The molecule has 3 aliphatic rings. The van der Waals surface area contributed by atoms with Crippen LogP contribution in [0.2, 0.25) is 0 Å². The van der Waals surface area contributed by atoms with Crippen molar-refractivity contribution < 1.29 is 9.59 Å². The summed E-state index contributed by atoms with van der Waals surface area (Å²) in [6.07, 6.45) is 3.13. The van der Waals surface area contributed by atoms with Gasteiger partial charge in [-0.2, -0.15) is 0 Å². The summed E-state index contributed by atoms with van der Waals surface area (Å²) in [4.78, 5) is 31.3. The quantitative estimate of drug-likeness (QED) is 0.822. The molecule has 5 heteroatoms. The number of amides is 2. The van der Waals surface area contributed by atoms with Crippen molar-refractivity contribution in [3.63, 3.8) is 0 Å². The number of carbonyl (C=O) groups is 2. The molecule has 25 heavy (non-hydrogen) atoms. The lowest BCUT2D eigenvalue weighted by molar-refractivity contribution is -0.138. The maximum absolute atomic E-state index is 12.9. The second-order valence-electron chi connectivity index (χ2n) is 7.89. The van der Waals surface area contributed by atoms with Gasteiger partial charge in [0.05, 0.1) is 12.5 Å². The molecule has 5 nitrogen and oxygen atoms in total. The highest BCUT2D eigenvalue weighted by atomic mass is 16.2. The molecule has 3 aliphatic heterocycles. The fraction of sp³-hybridized carbons (Fsp3) is 0.600. The average molecular weight is 341 g/mol. The van der Waals surface area contributed by atoms with Gasteiger partial charge in [0.15, 0.2) is 0 Å². The molecule has 4 rings (SSSR count). The number of anilines is 1. The SMILES string of the molecule is Cc1ccc2c(c1)CCCN2C(=O)CN1C[C@H]2CCN(C)C(=O)[C@H]2C1. The molecule has 2 amide bonds.